The van der Waals surface area contributed by atoms with Crippen LogP contribution in [0.15, 0.2) is 24.3 Å². The van der Waals surface area contributed by atoms with Gasteiger partial charge < -0.3 is 20.7 Å². The van der Waals surface area contributed by atoms with E-state index in [1.807, 2.05) is 0 Å². The monoisotopic (exact) mass is 327 g/mol. The van der Waals surface area contributed by atoms with E-state index in [-0.39, 0.29) is 24.2 Å². The van der Waals surface area contributed by atoms with Crippen molar-refractivity contribution in [2.45, 2.75) is 12.8 Å². The second-order valence-electron chi connectivity index (χ2n) is 4.89. The van der Waals surface area contributed by atoms with Gasteiger partial charge in [-0.2, -0.15) is 0 Å². The molecule has 7 heteroatoms. The van der Waals surface area contributed by atoms with Crippen molar-refractivity contribution < 1.29 is 14.3 Å². The van der Waals surface area contributed by atoms with Crippen molar-refractivity contribution in [3.8, 4) is 0 Å². The molecule has 1 aromatic carbocycles. The maximum Gasteiger partial charge on any atom is 0.256 e. The number of morpholine rings is 1. The topological polar surface area (TPSA) is 84.7 Å². The number of nitrogens with two attached hydrogens (primary N) is 1. The SMILES string of the molecule is Cl.NCCCC(=O)Nc1ccccc1C(=O)N1CCOCC1. The summed E-state index contributed by atoms with van der Waals surface area (Å²) in [5.41, 5.74) is 6.46. The summed E-state index contributed by atoms with van der Waals surface area (Å²) in [5, 5.41) is 2.79. The van der Waals surface area contributed by atoms with Crippen molar-refractivity contribution in [1.82, 2.24) is 4.90 Å². The zero-order chi connectivity index (χ0) is 15.1. The number of carbonyl (C=O) groups excluding carboxylic acids is 2. The number of para-hydroxylation sites is 1. The summed E-state index contributed by atoms with van der Waals surface area (Å²) in [7, 11) is 0. The molecule has 0 atom stereocenters. The quantitative estimate of drug-likeness (QED) is 0.852. The number of ether oxygens (including phenoxy) is 1. The molecule has 22 heavy (non-hydrogen) atoms. The second kappa shape index (κ2) is 9.40. The Hall–Kier alpha value is -1.63. The van der Waals surface area contributed by atoms with Gasteiger partial charge >= 0.3 is 0 Å². The van der Waals surface area contributed by atoms with Crippen LogP contribution < -0.4 is 11.1 Å². The molecule has 1 fully saturated rings. The molecule has 0 spiro atoms. The van der Waals surface area contributed by atoms with Crippen molar-refractivity contribution in [2.75, 3.05) is 38.2 Å². The third-order valence-electron chi connectivity index (χ3n) is 3.34. The minimum Gasteiger partial charge on any atom is -0.378 e. The Morgan fingerprint density at radius 2 is 1.91 bits per heavy atom. The average Bonchev–Trinajstić information content (AvgIpc) is 2.53. The first-order valence-corrected chi connectivity index (χ1v) is 7.18. The summed E-state index contributed by atoms with van der Waals surface area (Å²) in [6.45, 7) is 2.73. The molecular formula is C15H22ClN3O3. The Morgan fingerprint density at radius 3 is 2.59 bits per heavy atom. The maximum atomic E-state index is 12.5. The molecule has 6 nitrogen and oxygen atoms in total. The normalized spacial score (nSPS) is 14.1. The molecule has 1 saturated heterocycles. The van der Waals surface area contributed by atoms with E-state index in [1.54, 1.807) is 29.2 Å². The van der Waals surface area contributed by atoms with E-state index in [1.165, 1.54) is 0 Å². The van der Waals surface area contributed by atoms with E-state index in [0.29, 0.717) is 56.9 Å². The van der Waals surface area contributed by atoms with Crippen LogP contribution >= 0.6 is 12.4 Å². The number of carbonyl (C=O) groups is 2. The van der Waals surface area contributed by atoms with Crippen LogP contribution in [-0.2, 0) is 9.53 Å². The van der Waals surface area contributed by atoms with Gasteiger partial charge in [0.2, 0.25) is 5.91 Å². The smallest absolute Gasteiger partial charge is 0.256 e. The molecule has 1 heterocycles. The zero-order valence-electron chi connectivity index (χ0n) is 12.4. The lowest BCUT2D eigenvalue weighted by Gasteiger charge is -2.27. The van der Waals surface area contributed by atoms with Gasteiger partial charge in [0.15, 0.2) is 0 Å². The molecule has 1 aliphatic heterocycles. The minimum atomic E-state index is -0.123. The van der Waals surface area contributed by atoms with Gasteiger partial charge in [0.05, 0.1) is 24.5 Å². The zero-order valence-corrected chi connectivity index (χ0v) is 13.2. The third-order valence-corrected chi connectivity index (χ3v) is 3.34. The Kier molecular flexibility index (Phi) is 7.87. The number of nitrogens with one attached hydrogen (secondary N) is 1. The lowest BCUT2D eigenvalue weighted by molar-refractivity contribution is -0.116. The van der Waals surface area contributed by atoms with Crippen molar-refractivity contribution in [3.63, 3.8) is 0 Å². The largest absolute Gasteiger partial charge is 0.378 e. The van der Waals surface area contributed by atoms with Crippen molar-refractivity contribution in [2.24, 2.45) is 5.73 Å². The van der Waals surface area contributed by atoms with Gasteiger partial charge in [0.1, 0.15) is 0 Å². The summed E-state index contributed by atoms with van der Waals surface area (Å²) < 4.78 is 5.25. The van der Waals surface area contributed by atoms with E-state index in [2.05, 4.69) is 5.32 Å². The Balaban J connectivity index is 0.00000242. The number of nitrogens with zero attached hydrogens (tertiary/aromatic N) is 1. The molecule has 0 bridgehead atoms. The number of benzene rings is 1. The van der Waals surface area contributed by atoms with Gasteiger partial charge in [-0.1, -0.05) is 12.1 Å². The van der Waals surface area contributed by atoms with Crippen molar-refractivity contribution >= 4 is 29.9 Å². The molecule has 2 rings (SSSR count). The highest BCUT2D eigenvalue weighted by atomic mass is 35.5. The summed E-state index contributed by atoms with van der Waals surface area (Å²) >= 11 is 0. The van der Waals surface area contributed by atoms with Gasteiger partial charge in [0, 0.05) is 19.5 Å². The summed E-state index contributed by atoms with van der Waals surface area (Å²) in [6.07, 6.45) is 0.988. The van der Waals surface area contributed by atoms with E-state index in [9.17, 15) is 9.59 Å². The minimum absolute atomic E-state index is 0. The predicted octanol–water partition coefficient (Wildman–Crippen LogP) is 1.26. The van der Waals surface area contributed by atoms with E-state index in [4.69, 9.17) is 10.5 Å². The molecule has 2 amide bonds. The molecule has 122 valence electrons. The van der Waals surface area contributed by atoms with Crippen LogP contribution in [0.5, 0.6) is 0 Å². The van der Waals surface area contributed by atoms with Crippen LogP contribution in [0.4, 0.5) is 5.69 Å². The predicted molar refractivity (Wildman–Crippen MR) is 87.3 cm³/mol. The standard InChI is InChI=1S/C15H21N3O3.ClH/c16-7-3-6-14(19)17-13-5-2-1-4-12(13)15(20)18-8-10-21-11-9-18;/h1-2,4-5H,3,6-11,16H2,(H,17,19);1H. The molecule has 0 unspecified atom stereocenters. The fourth-order valence-electron chi connectivity index (χ4n) is 2.19. The van der Waals surface area contributed by atoms with Gasteiger partial charge in [0.25, 0.3) is 5.91 Å². The number of hydrogen-bond acceptors (Lipinski definition) is 4. The third kappa shape index (κ3) is 4.98. The number of rotatable bonds is 5. The fraction of sp³-hybridized carbons (Fsp3) is 0.467. The van der Waals surface area contributed by atoms with Crippen molar-refractivity contribution in [3.05, 3.63) is 29.8 Å². The van der Waals surface area contributed by atoms with Gasteiger partial charge in [-0.05, 0) is 25.1 Å². The first-order chi connectivity index (χ1) is 10.2. The molecule has 1 aromatic rings. The Labute approximate surface area is 136 Å². The first kappa shape index (κ1) is 18.4. The van der Waals surface area contributed by atoms with Gasteiger partial charge in [-0.25, -0.2) is 0 Å². The molecule has 0 aromatic heterocycles. The second-order valence-corrected chi connectivity index (χ2v) is 4.89. The number of hydrogen-bond donors (Lipinski definition) is 2. The lowest BCUT2D eigenvalue weighted by Crippen LogP contribution is -2.41. The first-order valence-electron chi connectivity index (χ1n) is 7.18. The molecular weight excluding hydrogens is 306 g/mol. The Morgan fingerprint density at radius 1 is 1.23 bits per heavy atom. The van der Waals surface area contributed by atoms with Crippen molar-refractivity contribution in [1.29, 1.82) is 0 Å². The van der Waals surface area contributed by atoms with Crippen LogP contribution in [0.3, 0.4) is 0 Å². The lowest BCUT2D eigenvalue weighted by atomic mass is 10.1. The highest BCUT2D eigenvalue weighted by Crippen LogP contribution is 2.18. The molecule has 0 aliphatic carbocycles. The average molecular weight is 328 g/mol. The fourth-order valence-corrected chi connectivity index (χ4v) is 2.19. The van der Waals surface area contributed by atoms with Crippen LogP contribution in [0.2, 0.25) is 0 Å². The molecule has 3 N–H and O–H groups in total. The summed E-state index contributed by atoms with van der Waals surface area (Å²) in [4.78, 5) is 26.1. The van der Waals surface area contributed by atoms with E-state index < -0.39 is 0 Å². The molecule has 0 radical (unpaired) electrons. The highest BCUT2D eigenvalue weighted by molar-refractivity contribution is 6.03. The van der Waals surface area contributed by atoms with E-state index in [0.717, 1.165) is 0 Å². The van der Waals surface area contributed by atoms with Crippen LogP contribution in [0, 0.1) is 0 Å². The van der Waals surface area contributed by atoms with Crippen LogP contribution in [0.25, 0.3) is 0 Å². The highest BCUT2D eigenvalue weighted by Gasteiger charge is 2.21. The molecule has 1 aliphatic rings. The van der Waals surface area contributed by atoms with Crippen LogP contribution in [-0.4, -0.2) is 49.6 Å². The van der Waals surface area contributed by atoms with Crippen LogP contribution in [0.1, 0.15) is 23.2 Å². The Bertz CT molecular complexity index is 505. The number of amides is 2. The van der Waals surface area contributed by atoms with Gasteiger partial charge in [-0.3, -0.25) is 9.59 Å². The number of halogens is 1. The maximum absolute atomic E-state index is 12.5. The van der Waals surface area contributed by atoms with E-state index >= 15 is 0 Å². The van der Waals surface area contributed by atoms with Gasteiger partial charge in [-0.15, -0.1) is 12.4 Å². The summed E-state index contributed by atoms with van der Waals surface area (Å²) in [5.74, 6) is -0.198. The summed E-state index contributed by atoms with van der Waals surface area (Å²) in [6, 6.07) is 7.07. The molecule has 0 saturated carbocycles. The number of anilines is 1.